The second kappa shape index (κ2) is 14.6. The normalized spacial score (nSPS) is 24.1. The van der Waals surface area contributed by atoms with Gasteiger partial charge in [-0.25, -0.2) is 4.79 Å². The predicted molar refractivity (Wildman–Crippen MR) is 133 cm³/mol. The van der Waals surface area contributed by atoms with Gasteiger partial charge in [0.05, 0.1) is 19.8 Å². The van der Waals surface area contributed by atoms with Crippen molar-refractivity contribution in [3.05, 3.63) is 84.4 Å². The van der Waals surface area contributed by atoms with E-state index in [-0.39, 0.29) is 26.4 Å². The zero-order chi connectivity index (χ0) is 26.6. The summed E-state index contributed by atoms with van der Waals surface area (Å²) < 4.78 is 34.6. The van der Waals surface area contributed by atoms with Gasteiger partial charge in [0, 0.05) is 6.92 Å². The van der Waals surface area contributed by atoms with E-state index in [1.54, 1.807) is 37.3 Å². The summed E-state index contributed by atoms with van der Waals surface area (Å²) in [5, 5.41) is 11.0. The standard InChI is InChI=1S/C28H34O9/c1-4-16-33-25-24(35-17-20-12-8-6-9-13-20)22(18-34-19(3)29)36-28(31)26(25)37-23(27(30)32-5-2)21-14-10-7-11-15-21/h4,6-15,22-26,28,31H,1,5,16-18H2,2-3H3/t22-,23+,24-,25+,26-,28?/m1/s1. The summed E-state index contributed by atoms with van der Waals surface area (Å²) in [6, 6.07) is 18.3. The maximum absolute atomic E-state index is 12.9. The summed E-state index contributed by atoms with van der Waals surface area (Å²) >= 11 is 0. The van der Waals surface area contributed by atoms with E-state index in [0.29, 0.717) is 5.56 Å². The first kappa shape index (κ1) is 28.5. The fourth-order valence-electron chi connectivity index (χ4n) is 3.98. The largest absolute Gasteiger partial charge is 0.464 e. The molecule has 0 bridgehead atoms. The van der Waals surface area contributed by atoms with Crippen LogP contribution in [-0.4, -0.2) is 67.6 Å². The van der Waals surface area contributed by atoms with Crippen LogP contribution in [-0.2, 0) is 44.6 Å². The molecule has 1 aliphatic rings. The van der Waals surface area contributed by atoms with Crippen molar-refractivity contribution in [1.82, 2.24) is 0 Å². The Morgan fingerprint density at radius 3 is 2.30 bits per heavy atom. The maximum atomic E-state index is 12.9. The average Bonchev–Trinajstić information content (AvgIpc) is 2.90. The first-order valence-electron chi connectivity index (χ1n) is 12.2. The van der Waals surface area contributed by atoms with Crippen molar-refractivity contribution in [3.63, 3.8) is 0 Å². The molecule has 0 spiro atoms. The van der Waals surface area contributed by atoms with E-state index in [1.807, 2.05) is 36.4 Å². The Kier molecular flexibility index (Phi) is 11.2. The Labute approximate surface area is 216 Å². The zero-order valence-electron chi connectivity index (χ0n) is 21.1. The van der Waals surface area contributed by atoms with E-state index in [0.717, 1.165) is 5.56 Å². The highest BCUT2D eigenvalue weighted by Crippen LogP contribution is 2.32. The molecule has 1 aliphatic heterocycles. The predicted octanol–water partition coefficient (Wildman–Crippen LogP) is 3.11. The van der Waals surface area contributed by atoms with Crippen molar-refractivity contribution in [2.45, 2.75) is 57.3 Å². The van der Waals surface area contributed by atoms with Crippen molar-refractivity contribution < 1.29 is 43.1 Å². The molecule has 2 aromatic carbocycles. The Morgan fingerprint density at radius 1 is 1.00 bits per heavy atom. The fourth-order valence-corrected chi connectivity index (χ4v) is 3.98. The molecule has 0 radical (unpaired) electrons. The van der Waals surface area contributed by atoms with E-state index < -0.39 is 48.7 Å². The third-order valence-corrected chi connectivity index (χ3v) is 5.65. The Bertz CT molecular complexity index is 982. The summed E-state index contributed by atoms with van der Waals surface area (Å²) in [6.45, 7) is 6.96. The highest BCUT2D eigenvalue weighted by Gasteiger charge is 2.49. The Hall–Kier alpha value is -3.08. The van der Waals surface area contributed by atoms with Crippen LogP contribution in [0.15, 0.2) is 73.3 Å². The molecule has 1 fully saturated rings. The van der Waals surface area contributed by atoms with Crippen molar-refractivity contribution in [1.29, 1.82) is 0 Å². The highest BCUT2D eigenvalue weighted by molar-refractivity contribution is 5.76. The Balaban J connectivity index is 1.92. The quantitative estimate of drug-likeness (QED) is 0.318. The molecule has 0 saturated carbocycles. The smallest absolute Gasteiger partial charge is 0.339 e. The molecule has 0 amide bonds. The van der Waals surface area contributed by atoms with Crippen molar-refractivity contribution in [3.8, 4) is 0 Å². The van der Waals surface area contributed by atoms with Crippen LogP contribution in [0.5, 0.6) is 0 Å². The fraction of sp³-hybridized carbons (Fsp3) is 0.429. The van der Waals surface area contributed by atoms with E-state index in [4.69, 9.17) is 28.4 Å². The number of benzene rings is 2. The van der Waals surface area contributed by atoms with Gasteiger partial charge in [-0.05, 0) is 18.1 Å². The van der Waals surface area contributed by atoms with Gasteiger partial charge in [0.15, 0.2) is 12.4 Å². The van der Waals surface area contributed by atoms with Crippen LogP contribution in [0.4, 0.5) is 0 Å². The molecule has 2 aromatic rings. The van der Waals surface area contributed by atoms with Crippen LogP contribution < -0.4 is 0 Å². The van der Waals surface area contributed by atoms with E-state index in [9.17, 15) is 14.7 Å². The van der Waals surface area contributed by atoms with Crippen LogP contribution in [0.1, 0.15) is 31.1 Å². The zero-order valence-corrected chi connectivity index (χ0v) is 21.1. The summed E-state index contributed by atoms with van der Waals surface area (Å²) in [5.41, 5.74) is 1.44. The number of esters is 2. The number of aliphatic hydroxyl groups is 1. The molecule has 200 valence electrons. The second-order valence-electron chi connectivity index (χ2n) is 8.36. The van der Waals surface area contributed by atoms with Gasteiger partial charge in [0.2, 0.25) is 0 Å². The van der Waals surface area contributed by atoms with Gasteiger partial charge in [-0.1, -0.05) is 66.7 Å². The lowest BCUT2D eigenvalue weighted by Crippen LogP contribution is -2.61. The third-order valence-electron chi connectivity index (χ3n) is 5.65. The van der Waals surface area contributed by atoms with Gasteiger partial charge in [-0.2, -0.15) is 0 Å². The molecule has 1 heterocycles. The average molecular weight is 515 g/mol. The Morgan fingerprint density at radius 2 is 1.68 bits per heavy atom. The van der Waals surface area contributed by atoms with Gasteiger partial charge in [0.1, 0.15) is 31.0 Å². The molecule has 1 unspecified atom stereocenters. The first-order chi connectivity index (χ1) is 17.9. The molecule has 1 saturated heterocycles. The lowest BCUT2D eigenvalue weighted by Gasteiger charge is -2.44. The van der Waals surface area contributed by atoms with Crippen LogP contribution in [0.25, 0.3) is 0 Å². The van der Waals surface area contributed by atoms with Crippen LogP contribution in [0.3, 0.4) is 0 Å². The van der Waals surface area contributed by atoms with Crippen LogP contribution in [0.2, 0.25) is 0 Å². The van der Waals surface area contributed by atoms with Gasteiger partial charge in [-0.3, -0.25) is 4.79 Å². The monoisotopic (exact) mass is 514 g/mol. The summed E-state index contributed by atoms with van der Waals surface area (Å²) in [4.78, 5) is 24.4. The molecule has 3 rings (SSSR count). The lowest BCUT2D eigenvalue weighted by molar-refractivity contribution is -0.317. The molecule has 37 heavy (non-hydrogen) atoms. The minimum absolute atomic E-state index is 0.109. The summed E-state index contributed by atoms with van der Waals surface area (Å²) in [5.74, 6) is -1.12. The molecule has 9 heteroatoms. The van der Waals surface area contributed by atoms with Crippen molar-refractivity contribution in [2.75, 3.05) is 19.8 Å². The number of hydrogen-bond acceptors (Lipinski definition) is 9. The molecule has 0 aromatic heterocycles. The lowest BCUT2D eigenvalue weighted by atomic mass is 9.97. The topological polar surface area (TPSA) is 110 Å². The minimum atomic E-state index is -1.52. The highest BCUT2D eigenvalue weighted by atomic mass is 16.7. The summed E-state index contributed by atoms with van der Waals surface area (Å²) in [6.07, 6.45) is -4.88. The second-order valence-corrected chi connectivity index (χ2v) is 8.36. The number of ether oxygens (including phenoxy) is 6. The van der Waals surface area contributed by atoms with Crippen LogP contribution >= 0.6 is 0 Å². The molecule has 1 N–H and O–H groups in total. The van der Waals surface area contributed by atoms with Crippen LogP contribution in [0, 0.1) is 0 Å². The van der Waals surface area contributed by atoms with E-state index in [2.05, 4.69) is 6.58 Å². The minimum Gasteiger partial charge on any atom is -0.464 e. The van der Waals surface area contributed by atoms with Crippen molar-refractivity contribution >= 4 is 11.9 Å². The van der Waals surface area contributed by atoms with Gasteiger partial charge in [-0.15, -0.1) is 6.58 Å². The summed E-state index contributed by atoms with van der Waals surface area (Å²) in [7, 11) is 0. The molecule has 6 atom stereocenters. The maximum Gasteiger partial charge on any atom is 0.339 e. The third kappa shape index (κ3) is 8.21. The molecule has 0 aliphatic carbocycles. The number of hydrogen-bond donors (Lipinski definition) is 1. The van der Waals surface area contributed by atoms with Gasteiger partial charge in [0.25, 0.3) is 0 Å². The number of rotatable bonds is 13. The van der Waals surface area contributed by atoms with E-state index in [1.165, 1.54) is 6.92 Å². The van der Waals surface area contributed by atoms with Gasteiger partial charge < -0.3 is 33.5 Å². The molecular formula is C28H34O9. The molecule has 9 nitrogen and oxygen atoms in total. The number of carbonyl (C=O) groups excluding carboxylic acids is 2. The first-order valence-corrected chi connectivity index (χ1v) is 12.2. The van der Waals surface area contributed by atoms with Gasteiger partial charge >= 0.3 is 11.9 Å². The SMILES string of the molecule is C=CCO[C@H]1[C@H](OCc2ccccc2)[C@@H](COC(C)=O)OC(O)[C@@H]1O[C@H](C(=O)OCC)c1ccccc1. The number of carbonyl (C=O) groups is 2. The van der Waals surface area contributed by atoms with Crippen molar-refractivity contribution in [2.24, 2.45) is 0 Å². The molecular weight excluding hydrogens is 480 g/mol. The number of aliphatic hydroxyl groups excluding tert-OH is 1. The van der Waals surface area contributed by atoms with E-state index >= 15 is 0 Å².